The minimum atomic E-state index is -0.953. The van der Waals surface area contributed by atoms with Crippen LogP contribution in [0.15, 0.2) is 0 Å². The highest BCUT2D eigenvalue weighted by molar-refractivity contribution is 5.99. The van der Waals surface area contributed by atoms with Gasteiger partial charge in [-0.1, -0.05) is 0 Å². The summed E-state index contributed by atoms with van der Waals surface area (Å²) >= 11 is 0. The van der Waals surface area contributed by atoms with Gasteiger partial charge in [-0.25, -0.2) is 0 Å². The third-order valence-electron chi connectivity index (χ3n) is 3.95. The van der Waals surface area contributed by atoms with Crippen LogP contribution in [-0.2, 0) is 9.59 Å². The second kappa shape index (κ2) is 3.96. The topological polar surface area (TPSA) is 95.7 Å². The molecule has 2 aliphatic rings. The fourth-order valence-corrected chi connectivity index (χ4v) is 2.78. The summed E-state index contributed by atoms with van der Waals surface area (Å²) in [6, 6.07) is -0.992. The molecular weight excluding hydrogens is 222 g/mol. The van der Waals surface area contributed by atoms with Crippen molar-refractivity contribution in [2.45, 2.75) is 50.4 Å². The summed E-state index contributed by atoms with van der Waals surface area (Å²) in [4.78, 5) is 25.5. The van der Waals surface area contributed by atoms with Crippen molar-refractivity contribution in [2.75, 3.05) is 6.54 Å². The molecular formula is C11H19N3O3. The highest BCUT2D eigenvalue weighted by Gasteiger charge is 2.60. The van der Waals surface area contributed by atoms with Crippen LogP contribution in [0.25, 0.3) is 0 Å². The van der Waals surface area contributed by atoms with Crippen LogP contribution in [0, 0.1) is 0 Å². The van der Waals surface area contributed by atoms with Crippen LogP contribution in [0.4, 0.5) is 0 Å². The van der Waals surface area contributed by atoms with E-state index in [9.17, 15) is 14.7 Å². The highest BCUT2D eigenvalue weighted by atomic mass is 16.3. The van der Waals surface area contributed by atoms with Gasteiger partial charge in [0, 0.05) is 6.54 Å². The monoisotopic (exact) mass is 241 g/mol. The lowest BCUT2D eigenvalue weighted by Crippen LogP contribution is -2.78. The minimum absolute atomic E-state index is 0.0392. The number of rotatable bonds is 2. The van der Waals surface area contributed by atoms with Gasteiger partial charge in [0.2, 0.25) is 11.8 Å². The third-order valence-corrected chi connectivity index (χ3v) is 3.95. The number of nitrogens with zero attached hydrogens (tertiary/aromatic N) is 1. The molecule has 1 spiro atoms. The lowest BCUT2D eigenvalue weighted by molar-refractivity contribution is -0.158. The van der Waals surface area contributed by atoms with Crippen molar-refractivity contribution in [3.63, 3.8) is 0 Å². The van der Waals surface area contributed by atoms with Gasteiger partial charge in [0.15, 0.2) is 0 Å². The molecule has 0 aromatic carbocycles. The van der Waals surface area contributed by atoms with E-state index in [1.165, 1.54) is 6.92 Å². The van der Waals surface area contributed by atoms with Crippen LogP contribution in [0.2, 0.25) is 0 Å². The Labute approximate surface area is 100 Å². The number of hydrogen-bond acceptors (Lipinski definition) is 4. The van der Waals surface area contributed by atoms with Crippen LogP contribution in [0.3, 0.4) is 0 Å². The van der Waals surface area contributed by atoms with E-state index in [2.05, 4.69) is 5.32 Å². The molecule has 0 aromatic rings. The zero-order chi connectivity index (χ0) is 12.8. The summed E-state index contributed by atoms with van der Waals surface area (Å²) in [6.45, 7) is 3.91. The lowest BCUT2D eigenvalue weighted by Gasteiger charge is -2.50. The Hall–Kier alpha value is -1.14. The van der Waals surface area contributed by atoms with Gasteiger partial charge in [-0.05, 0) is 26.7 Å². The standard InChI is InChI=1S/C11H19N3O3/c1-6(15)8(12)9(16)14-5-3-4-11(14)7(2)13-10(11)17/h6-8,15H,3-5,12H2,1-2H3,(H,13,17). The number of aliphatic hydroxyl groups excluding tert-OH is 1. The zero-order valence-corrected chi connectivity index (χ0v) is 10.1. The van der Waals surface area contributed by atoms with Crippen LogP contribution in [0.5, 0.6) is 0 Å². The van der Waals surface area contributed by atoms with Gasteiger partial charge in [-0.2, -0.15) is 0 Å². The molecule has 0 aliphatic carbocycles. The Balaban J connectivity index is 2.21. The molecule has 0 saturated carbocycles. The number of carbonyl (C=O) groups is 2. The van der Waals surface area contributed by atoms with Gasteiger partial charge in [0.25, 0.3) is 0 Å². The van der Waals surface area contributed by atoms with Crippen LogP contribution in [-0.4, -0.2) is 52.1 Å². The van der Waals surface area contributed by atoms with Gasteiger partial charge in [-0.15, -0.1) is 0 Å². The summed E-state index contributed by atoms with van der Waals surface area (Å²) in [6.07, 6.45) is 0.576. The van der Waals surface area contributed by atoms with E-state index >= 15 is 0 Å². The van der Waals surface area contributed by atoms with Crippen molar-refractivity contribution in [3.8, 4) is 0 Å². The molecule has 4 unspecified atom stereocenters. The molecule has 4 N–H and O–H groups in total. The van der Waals surface area contributed by atoms with E-state index in [4.69, 9.17) is 5.73 Å². The third kappa shape index (κ3) is 1.55. The Morgan fingerprint density at radius 1 is 1.71 bits per heavy atom. The van der Waals surface area contributed by atoms with E-state index in [1.807, 2.05) is 6.92 Å². The van der Waals surface area contributed by atoms with Gasteiger partial charge < -0.3 is 21.1 Å². The van der Waals surface area contributed by atoms with Gasteiger partial charge in [0.05, 0.1) is 12.1 Å². The zero-order valence-electron chi connectivity index (χ0n) is 10.1. The maximum Gasteiger partial charge on any atom is 0.248 e. The largest absolute Gasteiger partial charge is 0.391 e. The average molecular weight is 241 g/mol. The molecule has 17 heavy (non-hydrogen) atoms. The molecule has 2 amide bonds. The fourth-order valence-electron chi connectivity index (χ4n) is 2.78. The van der Waals surface area contributed by atoms with Crippen LogP contribution < -0.4 is 11.1 Å². The van der Waals surface area contributed by atoms with Crippen molar-refractivity contribution >= 4 is 11.8 Å². The molecule has 2 heterocycles. The summed E-state index contributed by atoms with van der Waals surface area (Å²) < 4.78 is 0. The van der Waals surface area contributed by atoms with Crippen molar-refractivity contribution in [2.24, 2.45) is 5.73 Å². The predicted octanol–water partition coefficient (Wildman–Crippen LogP) is -1.43. The normalized spacial score (nSPS) is 35.4. The number of nitrogens with two attached hydrogens (primary N) is 1. The van der Waals surface area contributed by atoms with Crippen molar-refractivity contribution in [3.05, 3.63) is 0 Å². The Bertz CT molecular complexity index is 358. The number of β-lactam (4-membered cyclic amide) rings is 1. The van der Waals surface area contributed by atoms with Crippen LogP contribution >= 0.6 is 0 Å². The maximum absolute atomic E-state index is 12.1. The van der Waals surface area contributed by atoms with E-state index in [0.717, 1.165) is 6.42 Å². The molecule has 6 heteroatoms. The average Bonchev–Trinajstić information content (AvgIpc) is 2.74. The highest BCUT2D eigenvalue weighted by Crippen LogP contribution is 2.38. The smallest absolute Gasteiger partial charge is 0.248 e. The molecule has 0 aromatic heterocycles. The number of carbonyl (C=O) groups excluding carboxylic acids is 2. The van der Waals surface area contributed by atoms with Gasteiger partial charge >= 0.3 is 0 Å². The first-order valence-corrected chi connectivity index (χ1v) is 5.97. The quantitative estimate of drug-likeness (QED) is 0.517. The summed E-state index contributed by atoms with van der Waals surface area (Å²) in [5.74, 6) is -0.437. The molecule has 6 nitrogen and oxygen atoms in total. The molecule has 2 saturated heterocycles. The molecule has 96 valence electrons. The second-order valence-corrected chi connectivity index (χ2v) is 4.98. The van der Waals surface area contributed by atoms with Gasteiger partial charge in [-0.3, -0.25) is 9.59 Å². The summed E-state index contributed by atoms with van der Waals surface area (Å²) in [5.41, 5.74) is 4.94. The number of nitrogens with one attached hydrogen (secondary N) is 1. The first-order chi connectivity index (χ1) is 7.91. The van der Waals surface area contributed by atoms with E-state index in [0.29, 0.717) is 13.0 Å². The van der Waals surface area contributed by atoms with E-state index in [1.54, 1.807) is 4.90 Å². The van der Waals surface area contributed by atoms with Crippen molar-refractivity contribution in [1.82, 2.24) is 10.2 Å². The van der Waals surface area contributed by atoms with Crippen molar-refractivity contribution < 1.29 is 14.7 Å². The molecule has 0 radical (unpaired) electrons. The molecule has 0 bridgehead atoms. The molecule has 2 aliphatic heterocycles. The predicted molar refractivity (Wildman–Crippen MR) is 60.9 cm³/mol. The van der Waals surface area contributed by atoms with Crippen LogP contribution in [0.1, 0.15) is 26.7 Å². The first kappa shape index (κ1) is 12.3. The first-order valence-electron chi connectivity index (χ1n) is 5.97. The Morgan fingerprint density at radius 3 is 2.82 bits per heavy atom. The molecule has 2 fully saturated rings. The fraction of sp³-hybridized carbons (Fsp3) is 0.818. The molecule has 4 atom stereocenters. The summed E-state index contributed by atoms with van der Waals surface area (Å²) in [5, 5.41) is 12.1. The Kier molecular flexibility index (Phi) is 2.87. The summed E-state index contributed by atoms with van der Waals surface area (Å²) in [7, 11) is 0. The minimum Gasteiger partial charge on any atom is -0.391 e. The second-order valence-electron chi connectivity index (χ2n) is 4.98. The molecule has 2 rings (SSSR count). The lowest BCUT2D eigenvalue weighted by atomic mass is 9.79. The Morgan fingerprint density at radius 2 is 2.35 bits per heavy atom. The maximum atomic E-state index is 12.1. The number of likely N-dealkylation sites (tertiary alicyclic amines) is 1. The van der Waals surface area contributed by atoms with Crippen molar-refractivity contribution in [1.29, 1.82) is 0 Å². The number of amides is 2. The van der Waals surface area contributed by atoms with E-state index < -0.39 is 17.7 Å². The van der Waals surface area contributed by atoms with E-state index in [-0.39, 0.29) is 17.9 Å². The SMILES string of the molecule is CC(O)C(N)C(=O)N1CCCC12C(=O)NC2C. The van der Waals surface area contributed by atoms with Gasteiger partial charge in [0.1, 0.15) is 11.6 Å². The number of aliphatic hydroxyl groups is 1. The number of hydrogen-bond donors (Lipinski definition) is 3.